The van der Waals surface area contributed by atoms with Gasteiger partial charge in [-0.05, 0) is 67.6 Å². The van der Waals surface area contributed by atoms with Gasteiger partial charge in [-0.2, -0.15) is 0 Å². The molecule has 0 aromatic heterocycles. The summed E-state index contributed by atoms with van der Waals surface area (Å²) in [6.45, 7) is 0.737. The van der Waals surface area contributed by atoms with Crippen LogP contribution in [0.2, 0.25) is 0 Å². The smallest absolute Gasteiger partial charge is 0.226 e. The van der Waals surface area contributed by atoms with Gasteiger partial charge in [-0.1, -0.05) is 12.1 Å². The average molecular weight is 433 g/mol. The zero-order valence-corrected chi connectivity index (χ0v) is 18.2. The molecular weight excluding hydrogens is 404 g/mol. The van der Waals surface area contributed by atoms with E-state index in [1.165, 1.54) is 0 Å². The highest BCUT2D eigenvalue weighted by Gasteiger charge is 2.32. The molecule has 1 atom stereocenters. The van der Waals surface area contributed by atoms with Crippen molar-refractivity contribution in [1.29, 1.82) is 5.41 Å². The van der Waals surface area contributed by atoms with Crippen LogP contribution in [-0.4, -0.2) is 31.2 Å². The Morgan fingerprint density at radius 3 is 2.41 bits per heavy atom. The van der Waals surface area contributed by atoms with Crippen molar-refractivity contribution in [2.24, 2.45) is 5.73 Å². The minimum atomic E-state index is -0.329. The van der Waals surface area contributed by atoms with E-state index in [0.29, 0.717) is 30.5 Å². The Morgan fingerprint density at radius 1 is 1.06 bits per heavy atom. The van der Waals surface area contributed by atoms with Gasteiger partial charge in [0.15, 0.2) is 5.78 Å². The van der Waals surface area contributed by atoms with Crippen molar-refractivity contribution >= 4 is 28.9 Å². The first kappa shape index (κ1) is 21.6. The lowest BCUT2D eigenvalue weighted by Gasteiger charge is -2.29. The van der Waals surface area contributed by atoms with Crippen molar-refractivity contribution in [1.82, 2.24) is 0 Å². The summed E-state index contributed by atoms with van der Waals surface area (Å²) in [4.78, 5) is 27.5. The molecule has 7 heteroatoms. The Hall–Kier alpha value is -3.61. The number of amidine groups is 1. The minimum absolute atomic E-state index is 0.0842. The number of methoxy groups -OCH3 is 1. The number of Topliss-reactive ketones (excluding diaryl/α,β-unsaturated/α-hetero) is 1. The lowest BCUT2D eigenvalue weighted by molar-refractivity contribution is -0.119. The van der Waals surface area contributed by atoms with Gasteiger partial charge < -0.3 is 20.7 Å². The van der Waals surface area contributed by atoms with E-state index < -0.39 is 0 Å². The van der Waals surface area contributed by atoms with Gasteiger partial charge in [0.05, 0.1) is 12.8 Å². The number of ether oxygens (including phenoxy) is 1. The molecule has 2 aromatic rings. The Balaban J connectivity index is 1.57. The number of nitrogens with two attached hydrogens (primary N) is 1. The first-order chi connectivity index (χ1) is 15.5. The van der Waals surface area contributed by atoms with Crippen LogP contribution < -0.4 is 20.7 Å². The molecule has 0 bridgehead atoms. The van der Waals surface area contributed by atoms with Gasteiger partial charge in [0, 0.05) is 35.8 Å². The normalized spacial score (nSPS) is 19.2. The summed E-state index contributed by atoms with van der Waals surface area (Å²) in [6, 6.07) is 15.0. The molecule has 166 valence electrons. The van der Waals surface area contributed by atoms with E-state index in [9.17, 15) is 9.59 Å². The van der Waals surface area contributed by atoms with Crippen molar-refractivity contribution in [3.8, 4) is 5.75 Å². The van der Waals surface area contributed by atoms with E-state index in [0.717, 1.165) is 42.1 Å². The van der Waals surface area contributed by atoms with Crippen LogP contribution in [0.1, 0.15) is 43.6 Å². The van der Waals surface area contributed by atoms with E-state index in [-0.39, 0.29) is 23.4 Å². The summed E-state index contributed by atoms with van der Waals surface area (Å²) >= 11 is 0. The summed E-state index contributed by atoms with van der Waals surface area (Å²) in [5, 5.41) is 11.1. The molecule has 2 aromatic carbocycles. The second-order valence-corrected chi connectivity index (χ2v) is 8.17. The predicted molar refractivity (Wildman–Crippen MR) is 125 cm³/mol. The fraction of sp³-hybridized carbons (Fsp3) is 0.320. The van der Waals surface area contributed by atoms with E-state index in [1.807, 2.05) is 53.4 Å². The zero-order chi connectivity index (χ0) is 22.7. The molecule has 1 saturated heterocycles. The lowest BCUT2D eigenvalue weighted by atomic mass is 9.81. The standard InChI is InChI=1S/C25H28N4O3/c1-32-19-11-7-17(8-12-19)28-23-21(25(26)27)14-13-20(24(23)31)16-5-9-18(10-6-16)29-15-3-2-4-22(29)30/h5-12,20,28H,2-4,13-15H2,1H3,(H3,26,27). The maximum atomic E-state index is 13.4. The van der Waals surface area contributed by atoms with E-state index >= 15 is 0 Å². The first-order valence-corrected chi connectivity index (χ1v) is 10.9. The quantitative estimate of drug-likeness (QED) is 0.473. The molecule has 1 aliphatic carbocycles. The second-order valence-electron chi connectivity index (χ2n) is 8.17. The second kappa shape index (κ2) is 9.26. The van der Waals surface area contributed by atoms with Crippen molar-refractivity contribution in [3.63, 3.8) is 0 Å². The third kappa shape index (κ3) is 4.37. The van der Waals surface area contributed by atoms with Crippen molar-refractivity contribution in [2.75, 3.05) is 23.9 Å². The van der Waals surface area contributed by atoms with Crippen LogP contribution in [0.5, 0.6) is 5.75 Å². The number of allylic oxidation sites excluding steroid dienone is 1. The maximum Gasteiger partial charge on any atom is 0.226 e. The molecular formula is C25H28N4O3. The van der Waals surface area contributed by atoms with Gasteiger partial charge in [0.25, 0.3) is 0 Å². The van der Waals surface area contributed by atoms with Crippen LogP contribution in [-0.2, 0) is 9.59 Å². The van der Waals surface area contributed by atoms with Crippen LogP contribution in [0.4, 0.5) is 11.4 Å². The Labute approximate surface area is 187 Å². The van der Waals surface area contributed by atoms with Crippen molar-refractivity contribution in [2.45, 2.75) is 38.0 Å². The third-order valence-electron chi connectivity index (χ3n) is 6.16. The molecule has 1 amide bonds. The molecule has 0 saturated carbocycles. The van der Waals surface area contributed by atoms with Gasteiger partial charge >= 0.3 is 0 Å². The number of nitrogens with one attached hydrogen (secondary N) is 2. The number of hydrogen-bond donors (Lipinski definition) is 3. The predicted octanol–water partition coefficient (Wildman–Crippen LogP) is 3.96. The Morgan fingerprint density at radius 2 is 1.78 bits per heavy atom. The molecule has 4 N–H and O–H groups in total. The van der Waals surface area contributed by atoms with E-state index in [4.69, 9.17) is 15.9 Å². The fourth-order valence-corrected chi connectivity index (χ4v) is 4.38. The highest BCUT2D eigenvalue weighted by molar-refractivity contribution is 6.11. The average Bonchev–Trinajstić information content (AvgIpc) is 2.81. The van der Waals surface area contributed by atoms with Gasteiger partial charge in [-0.25, -0.2) is 0 Å². The van der Waals surface area contributed by atoms with Crippen LogP contribution in [0.15, 0.2) is 59.8 Å². The fourth-order valence-electron chi connectivity index (χ4n) is 4.38. The molecule has 2 aliphatic rings. The topological polar surface area (TPSA) is 109 Å². The monoisotopic (exact) mass is 432 g/mol. The number of rotatable bonds is 6. The maximum absolute atomic E-state index is 13.4. The molecule has 1 aliphatic heterocycles. The SMILES string of the molecule is COc1ccc(NC2=C(C(=N)N)CCC(c3ccc(N4CCCCC4=O)cc3)C2=O)cc1. The number of carbonyl (C=O) groups excluding carboxylic acids is 2. The molecule has 0 spiro atoms. The summed E-state index contributed by atoms with van der Waals surface area (Å²) in [6.07, 6.45) is 3.66. The Kier molecular flexibility index (Phi) is 6.25. The summed E-state index contributed by atoms with van der Waals surface area (Å²) in [7, 11) is 1.60. The summed E-state index contributed by atoms with van der Waals surface area (Å²) in [5.74, 6) is 0.366. The Bertz CT molecular complexity index is 1060. The highest BCUT2D eigenvalue weighted by atomic mass is 16.5. The largest absolute Gasteiger partial charge is 0.497 e. The summed E-state index contributed by atoms with van der Waals surface area (Å²) < 4.78 is 5.19. The molecule has 0 radical (unpaired) electrons. The summed E-state index contributed by atoms with van der Waals surface area (Å²) in [5.41, 5.74) is 9.21. The molecule has 1 fully saturated rings. The highest BCUT2D eigenvalue weighted by Crippen LogP contribution is 2.35. The number of ketones is 1. The van der Waals surface area contributed by atoms with Gasteiger partial charge in [-0.3, -0.25) is 15.0 Å². The number of carbonyl (C=O) groups is 2. The lowest BCUT2D eigenvalue weighted by Crippen LogP contribution is -2.35. The van der Waals surface area contributed by atoms with E-state index in [2.05, 4.69) is 5.32 Å². The molecule has 32 heavy (non-hydrogen) atoms. The third-order valence-corrected chi connectivity index (χ3v) is 6.16. The minimum Gasteiger partial charge on any atom is -0.497 e. The van der Waals surface area contributed by atoms with Gasteiger partial charge in [0.2, 0.25) is 5.91 Å². The van der Waals surface area contributed by atoms with Crippen molar-refractivity contribution in [3.05, 3.63) is 65.4 Å². The van der Waals surface area contributed by atoms with Crippen LogP contribution in [0.3, 0.4) is 0 Å². The number of amides is 1. The van der Waals surface area contributed by atoms with Crippen molar-refractivity contribution < 1.29 is 14.3 Å². The van der Waals surface area contributed by atoms with Crippen LogP contribution in [0.25, 0.3) is 0 Å². The molecule has 7 nitrogen and oxygen atoms in total. The molecule has 4 rings (SSSR count). The van der Waals surface area contributed by atoms with Crippen LogP contribution in [0, 0.1) is 5.41 Å². The zero-order valence-electron chi connectivity index (χ0n) is 18.2. The molecule has 1 heterocycles. The molecule has 1 unspecified atom stereocenters. The van der Waals surface area contributed by atoms with Crippen LogP contribution >= 0.6 is 0 Å². The number of nitrogens with zero attached hydrogens (tertiary/aromatic N) is 1. The van der Waals surface area contributed by atoms with E-state index in [1.54, 1.807) is 7.11 Å². The van der Waals surface area contributed by atoms with Gasteiger partial charge in [-0.15, -0.1) is 0 Å². The number of piperidine rings is 1. The number of benzene rings is 2. The number of hydrogen-bond acceptors (Lipinski definition) is 5. The first-order valence-electron chi connectivity index (χ1n) is 10.9. The van der Waals surface area contributed by atoms with Gasteiger partial charge in [0.1, 0.15) is 11.6 Å². The number of anilines is 2.